The number of halogens is 2. The van der Waals surface area contributed by atoms with Crippen molar-refractivity contribution in [3.8, 4) is 0 Å². The van der Waals surface area contributed by atoms with Crippen molar-refractivity contribution in [3.63, 3.8) is 0 Å². The summed E-state index contributed by atoms with van der Waals surface area (Å²) >= 11 is 12.4. The second kappa shape index (κ2) is 8.86. The van der Waals surface area contributed by atoms with Crippen LogP contribution >= 0.6 is 23.2 Å². The molecule has 0 bridgehead atoms. The number of aromatic nitrogens is 1. The van der Waals surface area contributed by atoms with Crippen LogP contribution in [0.5, 0.6) is 0 Å². The minimum absolute atomic E-state index is 0.0903. The van der Waals surface area contributed by atoms with Crippen LogP contribution in [0.4, 0.5) is 0 Å². The Morgan fingerprint density at radius 2 is 1.73 bits per heavy atom. The molecule has 0 unspecified atom stereocenters. The zero-order valence-corrected chi connectivity index (χ0v) is 20.6. The zero-order chi connectivity index (χ0) is 23.9. The molecule has 170 valence electrons. The number of rotatable bonds is 5. The highest BCUT2D eigenvalue weighted by Gasteiger charge is 2.22. The molecule has 4 rings (SSSR count). The van der Waals surface area contributed by atoms with E-state index >= 15 is 0 Å². The molecule has 0 spiro atoms. The lowest BCUT2D eigenvalue weighted by Gasteiger charge is -2.11. The molecule has 0 fully saturated rings. The summed E-state index contributed by atoms with van der Waals surface area (Å²) < 4.78 is 27.9. The lowest BCUT2D eigenvalue weighted by atomic mass is 10.0. The van der Waals surface area contributed by atoms with E-state index in [9.17, 15) is 13.2 Å². The molecule has 0 radical (unpaired) electrons. The molecule has 0 atom stereocenters. The Morgan fingerprint density at radius 1 is 0.970 bits per heavy atom. The Balaban J connectivity index is 1.68. The molecular formula is C25H22Cl2N2O3S. The third-order valence-corrected chi connectivity index (χ3v) is 7.68. The first-order chi connectivity index (χ1) is 15.5. The summed E-state index contributed by atoms with van der Waals surface area (Å²) in [5.74, 6) is -0.688. The van der Waals surface area contributed by atoms with Gasteiger partial charge in [0.2, 0.25) is 0 Å². The molecule has 1 heterocycles. The van der Waals surface area contributed by atoms with E-state index in [-0.39, 0.29) is 10.5 Å². The highest BCUT2D eigenvalue weighted by atomic mass is 35.5. The quantitative estimate of drug-likeness (QED) is 0.346. The molecule has 8 heteroatoms. The lowest BCUT2D eigenvalue weighted by Crippen LogP contribution is -2.31. The maximum Gasteiger partial charge on any atom is 0.265 e. The first-order valence-electron chi connectivity index (χ1n) is 10.2. The number of aryl methyl sites for hydroxylation is 3. The molecule has 1 aromatic heterocycles. The van der Waals surface area contributed by atoms with Crippen molar-refractivity contribution in [3.05, 3.63) is 98.2 Å². The smallest absolute Gasteiger partial charge is 0.265 e. The SMILES string of the molecule is Cc1ccc(C)c(S(=O)(=O)NC(=O)c2ccc3[nH]c(C)c(Cc4ccc(Cl)cc4Cl)c3c2)c1. The van der Waals surface area contributed by atoms with Crippen LogP contribution in [-0.4, -0.2) is 19.3 Å². The van der Waals surface area contributed by atoms with Gasteiger partial charge < -0.3 is 4.98 Å². The number of benzene rings is 3. The summed E-state index contributed by atoms with van der Waals surface area (Å²) in [6, 6.07) is 15.5. The predicted molar refractivity (Wildman–Crippen MR) is 133 cm³/mol. The van der Waals surface area contributed by atoms with Crippen molar-refractivity contribution >= 4 is 50.0 Å². The van der Waals surface area contributed by atoms with Gasteiger partial charge in [-0.25, -0.2) is 13.1 Å². The van der Waals surface area contributed by atoms with E-state index in [4.69, 9.17) is 23.2 Å². The summed E-state index contributed by atoms with van der Waals surface area (Å²) in [7, 11) is -4.01. The molecule has 0 aliphatic carbocycles. The van der Waals surface area contributed by atoms with Gasteiger partial charge in [0.25, 0.3) is 15.9 Å². The summed E-state index contributed by atoms with van der Waals surface area (Å²) in [5, 5.41) is 1.95. The van der Waals surface area contributed by atoms with Gasteiger partial charge in [0.05, 0.1) is 4.90 Å². The summed E-state index contributed by atoms with van der Waals surface area (Å²) in [4.78, 5) is 16.3. The number of fused-ring (bicyclic) bond motifs is 1. The van der Waals surface area contributed by atoms with E-state index in [0.29, 0.717) is 22.0 Å². The Labute approximate surface area is 202 Å². The fourth-order valence-electron chi connectivity index (χ4n) is 3.84. The largest absolute Gasteiger partial charge is 0.358 e. The van der Waals surface area contributed by atoms with Gasteiger partial charge in [0.1, 0.15) is 0 Å². The van der Waals surface area contributed by atoms with Crippen LogP contribution in [0, 0.1) is 20.8 Å². The molecule has 0 saturated carbocycles. The number of hydrogen-bond donors (Lipinski definition) is 2. The van der Waals surface area contributed by atoms with E-state index in [2.05, 4.69) is 9.71 Å². The predicted octanol–water partition coefficient (Wildman–Crippen LogP) is 6.11. The van der Waals surface area contributed by atoms with Crippen LogP contribution in [0.1, 0.15) is 38.3 Å². The van der Waals surface area contributed by atoms with Crippen molar-refractivity contribution < 1.29 is 13.2 Å². The number of amides is 1. The maximum atomic E-state index is 12.9. The van der Waals surface area contributed by atoms with Crippen molar-refractivity contribution in [1.82, 2.24) is 9.71 Å². The monoisotopic (exact) mass is 500 g/mol. The van der Waals surface area contributed by atoms with Crippen molar-refractivity contribution in [2.24, 2.45) is 0 Å². The Morgan fingerprint density at radius 3 is 2.45 bits per heavy atom. The molecule has 0 saturated heterocycles. The van der Waals surface area contributed by atoms with Crippen LogP contribution in [0.15, 0.2) is 59.5 Å². The van der Waals surface area contributed by atoms with Gasteiger partial charge in [-0.15, -0.1) is 0 Å². The van der Waals surface area contributed by atoms with Crippen LogP contribution in [0.3, 0.4) is 0 Å². The number of carbonyl (C=O) groups is 1. The van der Waals surface area contributed by atoms with Crippen LogP contribution in [0.2, 0.25) is 10.0 Å². The fourth-order valence-corrected chi connectivity index (χ4v) is 5.62. The molecule has 4 aromatic rings. The lowest BCUT2D eigenvalue weighted by molar-refractivity contribution is 0.0981. The number of nitrogens with one attached hydrogen (secondary N) is 2. The number of sulfonamides is 1. The standard InChI is InChI=1S/C25H22Cl2N2O3S/c1-14-4-5-15(2)24(10-14)33(31,32)29-25(30)18-7-9-23-21(12-18)20(16(3)28-23)11-17-6-8-19(26)13-22(17)27/h4-10,12-13,28H,11H2,1-3H3,(H,29,30). The first kappa shape index (κ1) is 23.4. The Hall–Kier alpha value is -2.80. The minimum Gasteiger partial charge on any atom is -0.358 e. The van der Waals surface area contributed by atoms with Gasteiger partial charge in [-0.1, -0.05) is 41.4 Å². The number of aromatic amines is 1. The van der Waals surface area contributed by atoms with Crippen molar-refractivity contribution in [2.75, 3.05) is 0 Å². The van der Waals surface area contributed by atoms with E-state index in [1.54, 1.807) is 56.3 Å². The van der Waals surface area contributed by atoms with Gasteiger partial charge >= 0.3 is 0 Å². The maximum absolute atomic E-state index is 12.9. The topological polar surface area (TPSA) is 79.0 Å². The van der Waals surface area contributed by atoms with Gasteiger partial charge in [0, 0.05) is 38.6 Å². The van der Waals surface area contributed by atoms with Crippen LogP contribution in [-0.2, 0) is 16.4 Å². The second-order valence-corrected chi connectivity index (χ2v) is 10.6. The molecule has 0 aliphatic rings. The third kappa shape index (κ3) is 4.78. The average Bonchev–Trinajstić information content (AvgIpc) is 3.05. The Bertz CT molecular complexity index is 1510. The number of carbonyl (C=O) groups excluding carboxylic acids is 1. The molecule has 33 heavy (non-hydrogen) atoms. The van der Waals surface area contributed by atoms with Crippen molar-refractivity contribution in [1.29, 1.82) is 0 Å². The summed E-state index contributed by atoms with van der Waals surface area (Å²) in [6.45, 7) is 5.45. The van der Waals surface area contributed by atoms with Crippen LogP contribution in [0.25, 0.3) is 10.9 Å². The van der Waals surface area contributed by atoms with E-state index < -0.39 is 15.9 Å². The molecule has 0 aliphatic heterocycles. The molecule has 5 nitrogen and oxygen atoms in total. The molecular weight excluding hydrogens is 479 g/mol. The van der Waals surface area contributed by atoms with Gasteiger partial charge in [0.15, 0.2) is 0 Å². The third-order valence-electron chi connectivity index (χ3n) is 5.62. The Kier molecular flexibility index (Phi) is 6.27. The number of hydrogen-bond acceptors (Lipinski definition) is 3. The second-order valence-electron chi connectivity index (χ2n) is 8.10. The first-order valence-corrected chi connectivity index (χ1v) is 12.5. The average molecular weight is 501 g/mol. The van der Waals surface area contributed by atoms with Gasteiger partial charge in [-0.2, -0.15) is 0 Å². The number of H-pyrrole nitrogens is 1. The van der Waals surface area contributed by atoms with Gasteiger partial charge in [-0.3, -0.25) is 4.79 Å². The normalized spacial score (nSPS) is 11.7. The summed E-state index contributed by atoms with van der Waals surface area (Å²) in [5.41, 5.74) is 5.28. The van der Waals surface area contributed by atoms with Gasteiger partial charge in [-0.05, 0) is 79.4 Å². The fraction of sp³-hybridized carbons (Fsp3) is 0.160. The molecule has 3 aromatic carbocycles. The minimum atomic E-state index is -4.01. The highest BCUT2D eigenvalue weighted by Crippen LogP contribution is 2.29. The van der Waals surface area contributed by atoms with Crippen molar-refractivity contribution in [2.45, 2.75) is 32.1 Å². The van der Waals surface area contributed by atoms with Crippen LogP contribution < -0.4 is 4.72 Å². The molecule has 2 N–H and O–H groups in total. The molecule has 1 amide bonds. The van der Waals surface area contributed by atoms with E-state index in [0.717, 1.165) is 33.3 Å². The summed E-state index contributed by atoms with van der Waals surface area (Å²) in [6.07, 6.45) is 0.535. The highest BCUT2D eigenvalue weighted by molar-refractivity contribution is 7.90. The van der Waals surface area contributed by atoms with E-state index in [1.807, 2.05) is 19.1 Å². The van der Waals surface area contributed by atoms with E-state index in [1.165, 1.54) is 0 Å². The zero-order valence-electron chi connectivity index (χ0n) is 18.3.